The van der Waals surface area contributed by atoms with Gasteiger partial charge in [0, 0.05) is 0 Å². The monoisotopic (exact) mass is 373 g/mol. The molecule has 0 aliphatic rings. The molecule has 0 radical (unpaired) electrons. The Labute approximate surface area is 162 Å². The van der Waals surface area contributed by atoms with Crippen LogP contribution in [0.4, 0.5) is 4.39 Å². The first-order valence-electron chi connectivity index (χ1n) is 9.18. The predicted molar refractivity (Wildman–Crippen MR) is 108 cm³/mol. The standard InChI is InChI=1S/C23H20FN3O/c1-16(17-9-3-2-4-10-17)27-21-14-8-7-13-20(21)26-22(27)15-25-23(28)18-11-5-6-12-19(18)24/h2-14,16H,15H2,1H3,(H,25,28). The minimum Gasteiger partial charge on any atom is -0.345 e. The Bertz CT molecular complexity index is 1120. The first-order chi connectivity index (χ1) is 13.6. The molecule has 1 aromatic heterocycles. The molecule has 4 rings (SSSR count). The summed E-state index contributed by atoms with van der Waals surface area (Å²) in [6, 6.07) is 24.0. The van der Waals surface area contributed by atoms with Gasteiger partial charge in [-0.05, 0) is 36.8 Å². The number of hydrogen-bond donors (Lipinski definition) is 1. The van der Waals surface area contributed by atoms with E-state index in [9.17, 15) is 9.18 Å². The van der Waals surface area contributed by atoms with Crippen molar-refractivity contribution in [2.45, 2.75) is 19.5 Å². The van der Waals surface area contributed by atoms with E-state index in [4.69, 9.17) is 4.98 Å². The lowest BCUT2D eigenvalue weighted by molar-refractivity contribution is 0.0945. The summed E-state index contributed by atoms with van der Waals surface area (Å²) >= 11 is 0. The zero-order valence-corrected chi connectivity index (χ0v) is 15.5. The minimum atomic E-state index is -0.536. The van der Waals surface area contributed by atoms with Gasteiger partial charge in [0.1, 0.15) is 11.6 Å². The van der Waals surface area contributed by atoms with Crippen LogP contribution in [0.5, 0.6) is 0 Å². The van der Waals surface area contributed by atoms with Gasteiger partial charge in [0.2, 0.25) is 0 Å². The first kappa shape index (κ1) is 17.9. The van der Waals surface area contributed by atoms with Crippen molar-refractivity contribution in [1.82, 2.24) is 14.9 Å². The fourth-order valence-electron chi connectivity index (χ4n) is 3.43. The maximum atomic E-state index is 13.9. The molecule has 1 unspecified atom stereocenters. The molecule has 1 heterocycles. The van der Waals surface area contributed by atoms with Gasteiger partial charge in [-0.25, -0.2) is 9.37 Å². The third kappa shape index (κ3) is 3.39. The Kier molecular flexibility index (Phi) is 4.89. The van der Waals surface area contributed by atoms with Crippen LogP contribution in [0.15, 0.2) is 78.9 Å². The summed E-state index contributed by atoms with van der Waals surface area (Å²) in [7, 11) is 0. The zero-order valence-electron chi connectivity index (χ0n) is 15.5. The Hall–Kier alpha value is -3.47. The second-order valence-corrected chi connectivity index (χ2v) is 6.64. The maximum Gasteiger partial charge on any atom is 0.254 e. The molecule has 0 spiro atoms. The Morgan fingerprint density at radius 1 is 1.00 bits per heavy atom. The zero-order chi connectivity index (χ0) is 19.5. The van der Waals surface area contributed by atoms with E-state index < -0.39 is 11.7 Å². The summed E-state index contributed by atoms with van der Waals surface area (Å²) < 4.78 is 16.0. The number of rotatable bonds is 5. The molecule has 0 fully saturated rings. The van der Waals surface area contributed by atoms with Crippen LogP contribution in [0, 0.1) is 5.82 Å². The van der Waals surface area contributed by atoms with Gasteiger partial charge in [-0.3, -0.25) is 4.79 Å². The molecule has 1 N–H and O–H groups in total. The maximum absolute atomic E-state index is 13.9. The third-order valence-electron chi connectivity index (χ3n) is 4.86. The smallest absolute Gasteiger partial charge is 0.254 e. The number of nitrogens with one attached hydrogen (secondary N) is 1. The lowest BCUT2D eigenvalue weighted by atomic mass is 10.1. The van der Waals surface area contributed by atoms with E-state index in [0.29, 0.717) is 0 Å². The largest absolute Gasteiger partial charge is 0.345 e. The van der Waals surface area contributed by atoms with Crippen LogP contribution in [0.1, 0.15) is 34.7 Å². The molecule has 5 heteroatoms. The average Bonchev–Trinajstić information content (AvgIpc) is 3.11. The highest BCUT2D eigenvalue weighted by Crippen LogP contribution is 2.26. The van der Waals surface area contributed by atoms with Gasteiger partial charge in [0.05, 0.1) is 29.2 Å². The summed E-state index contributed by atoms with van der Waals surface area (Å²) in [6.07, 6.45) is 0. The Morgan fingerprint density at radius 2 is 1.68 bits per heavy atom. The van der Waals surface area contributed by atoms with Crippen molar-refractivity contribution in [2.24, 2.45) is 0 Å². The number of aromatic nitrogens is 2. The molecule has 1 amide bonds. The van der Waals surface area contributed by atoms with E-state index in [0.717, 1.165) is 22.4 Å². The molecule has 4 nitrogen and oxygen atoms in total. The number of halogens is 1. The number of carbonyl (C=O) groups is 1. The Balaban J connectivity index is 1.67. The van der Waals surface area contributed by atoms with Crippen LogP contribution in [0.3, 0.4) is 0 Å². The quantitative estimate of drug-likeness (QED) is 0.550. The molecule has 0 saturated heterocycles. The fourth-order valence-corrected chi connectivity index (χ4v) is 3.43. The van der Waals surface area contributed by atoms with Crippen molar-refractivity contribution >= 4 is 16.9 Å². The number of amides is 1. The van der Waals surface area contributed by atoms with E-state index >= 15 is 0 Å². The molecule has 0 aliphatic heterocycles. The highest BCUT2D eigenvalue weighted by molar-refractivity contribution is 5.94. The minimum absolute atomic E-state index is 0.0290. The van der Waals surface area contributed by atoms with Gasteiger partial charge in [-0.15, -0.1) is 0 Å². The van der Waals surface area contributed by atoms with Gasteiger partial charge >= 0.3 is 0 Å². The van der Waals surface area contributed by atoms with E-state index in [1.54, 1.807) is 12.1 Å². The lowest BCUT2D eigenvalue weighted by Gasteiger charge is -2.18. The number of benzene rings is 3. The number of carbonyl (C=O) groups excluding carboxylic acids is 1. The van der Waals surface area contributed by atoms with E-state index in [-0.39, 0.29) is 18.2 Å². The van der Waals surface area contributed by atoms with Crippen LogP contribution in [-0.4, -0.2) is 15.5 Å². The molecule has 0 aliphatic carbocycles. The average molecular weight is 373 g/mol. The Morgan fingerprint density at radius 3 is 2.46 bits per heavy atom. The topological polar surface area (TPSA) is 46.9 Å². The molecule has 1 atom stereocenters. The van der Waals surface area contributed by atoms with Crippen LogP contribution >= 0.6 is 0 Å². The normalized spacial score (nSPS) is 12.1. The van der Waals surface area contributed by atoms with Gasteiger partial charge in [0.15, 0.2) is 0 Å². The second kappa shape index (κ2) is 7.64. The molecule has 4 aromatic rings. The second-order valence-electron chi connectivity index (χ2n) is 6.64. The van der Waals surface area contributed by atoms with Gasteiger partial charge in [0.25, 0.3) is 5.91 Å². The van der Waals surface area contributed by atoms with Crippen LogP contribution in [0.25, 0.3) is 11.0 Å². The lowest BCUT2D eigenvalue weighted by Crippen LogP contribution is -2.26. The van der Waals surface area contributed by atoms with Crippen LogP contribution in [0.2, 0.25) is 0 Å². The number of para-hydroxylation sites is 2. The molecule has 0 saturated carbocycles. The van der Waals surface area contributed by atoms with Gasteiger partial charge < -0.3 is 9.88 Å². The molecular weight excluding hydrogens is 353 g/mol. The third-order valence-corrected chi connectivity index (χ3v) is 4.86. The van der Waals surface area contributed by atoms with Crippen molar-refractivity contribution in [3.63, 3.8) is 0 Å². The van der Waals surface area contributed by atoms with Gasteiger partial charge in [-0.1, -0.05) is 54.6 Å². The summed E-state index contributed by atoms with van der Waals surface area (Å²) in [5.74, 6) is -0.266. The van der Waals surface area contributed by atoms with Crippen LogP contribution < -0.4 is 5.32 Å². The number of fused-ring (bicyclic) bond motifs is 1. The number of nitrogens with zero attached hydrogens (tertiary/aromatic N) is 2. The van der Waals surface area contributed by atoms with Crippen molar-refractivity contribution in [1.29, 1.82) is 0 Å². The SMILES string of the molecule is CC(c1ccccc1)n1c(CNC(=O)c2ccccc2F)nc2ccccc21. The van der Waals surface area contributed by atoms with Crippen molar-refractivity contribution < 1.29 is 9.18 Å². The fraction of sp³-hybridized carbons (Fsp3) is 0.130. The summed E-state index contributed by atoms with van der Waals surface area (Å²) in [5.41, 5.74) is 3.03. The molecular formula is C23H20FN3O. The van der Waals surface area contributed by atoms with Crippen molar-refractivity contribution in [2.75, 3.05) is 0 Å². The highest BCUT2D eigenvalue weighted by atomic mass is 19.1. The number of imidazole rings is 1. The van der Waals surface area contributed by atoms with Crippen molar-refractivity contribution in [3.05, 3.63) is 102 Å². The van der Waals surface area contributed by atoms with Crippen LogP contribution in [-0.2, 0) is 6.54 Å². The summed E-state index contributed by atoms with van der Waals surface area (Å²) in [5, 5.41) is 2.80. The van der Waals surface area contributed by atoms with E-state index in [1.807, 2.05) is 42.5 Å². The predicted octanol–water partition coefficient (Wildman–Crippen LogP) is 4.71. The van der Waals surface area contributed by atoms with E-state index in [2.05, 4.69) is 28.9 Å². The number of hydrogen-bond acceptors (Lipinski definition) is 2. The summed E-state index contributed by atoms with van der Waals surface area (Å²) in [4.78, 5) is 17.1. The molecule has 3 aromatic carbocycles. The van der Waals surface area contributed by atoms with Gasteiger partial charge in [-0.2, -0.15) is 0 Å². The molecule has 28 heavy (non-hydrogen) atoms. The molecule has 140 valence electrons. The highest BCUT2D eigenvalue weighted by Gasteiger charge is 2.18. The summed E-state index contributed by atoms with van der Waals surface area (Å²) in [6.45, 7) is 2.31. The van der Waals surface area contributed by atoms with Crippen molar-refractivity contribution in [3.8, 4) is 0 Å². The molecule has 0 bridgehead atoms. The first-order valence-corrected chi connectivity index (χ1v) is 9.18. The van der Waals surface area contributed by atoms with E-state index in [1.165, 1.54) is 12.1 Å².